The highest BCUT2D eigenvalue weighted by Crippen LogP contribution is 2.39. The quantitative estimate of drug-likeness (QED) is 0.790. The van der Waals surface area contributed by atoms with Crippen LogP contribution in [0.2, 0.25) is 0 Å². The van der Waals surface area contributed by atoms with Gasteiger partial charge in [0.25, 0.3) is 0 Å². The number of hydrogen-bond donors (Lipinski definition) is 2. The van der Waals surface area contributed by atoms with Crippen LogP contribution in [0.25, 0.3) is 10.9 Å². The van der Waals surface area contributed by atoms with Crippen molar-refractivity contribution in [2.24, 2.45) is 4.99 Å². The minimum Gasteiger partial charge on any atom is -0.494 e. The Balaban J connectivity index is 1.59. The van der Waals surface area contributed by atoms with Gasteiger partial charge in [-0.25, -0.2) is 0 Å². The minimum atomic E-state index is 0.249. The van der Waals surface area contributed by atoms with Crippen molar-refractivity contribution in [3.8, 4) is 5.88 Å². The molecular formula is C23H32N4O3. The van der Waals surface area contributed by atoms with E-state index in [0.717, 1.165) is 86.8 Å². The van der Waals surface area contributed by atoms with Gasteiger partial charge in [-0.1, -0.05) is 0 Å². The van der Waals surface area contributed by atoms with Gasteiger partial charge in [-0.15, -0.1) is 0 Å². The molecule has 0 radical (unpaired) electrons. The Kier molecular flexibility index (Phi) is 5.43. The lowest BCUT2D eigenvalue weighted by Crippen LogP contribution is -2.53. The van der Waals surface area contributed by atoms with Gasteiger partial charge < -0.3 is 24.5 Å². The van der Waals surface area contributed by atoms with Crippen LogP contribution < -0.4 is 5.32 Å². The van der Waals surface area contributed by atoms with Crippen LogP contribution in [0.1, 0.15) is 38.3 Å². The van der Waals surface area contributed by atoms with Crippen molar-refractivity contribution in [3.05, 3.63) is 23.8 Å². The number of nitrogens with one attached hydrogen (secondary N) is 1. The van der Waals surface area contributed by atoms with Crippen molar-refractivity contribution in [3.63, 3.8) is 0 Å². The molecule has 7 heteroatoms. The van der Waals surface area contributed by atoms with Crippen molar-refractivity contribution in [1.29, 1.82) is 0 Å². The maximum atomic E-state index is 11.5. The molecule has 162 valence electrons. The van der Waals surface area contributed by atoms with Gasteiger partial charge in [-0.05, 0) is 44.9 Å². The van der Waals surface area contributed by atoms with Crippen molar-refractivity contribution in [2.75, 3.05) is 51.4 Å². The number of anilines is 1. The standard InChI is InChI=1S/C23H32N4O3/c1-15(2)25-16-3-4-21-19(11-16)22(23(28)27(21)17-5-9-29-10-6-17)20-12-26(8-7-24-20)18-13-30-14-18/h3-4,11,15,17-18,25,28H,5-10,12-14H2,1-2H3. The predicted molar refractivity (Wildman–Crippen MR) is 119 cm³/mol. The number of benzene rings is 1. The lowest BCUT2D eigenvalue weighted by Gasteiger charge is -2.38. The number of hydrogen-bond acceptors (Lipinski definition) is 6. The Morgan fingerprint density at radius 1 is 1.13 bits per heavy atom. The first-order chi connectivity index (χ1) is 14.6. The lowest BCUT2D eigenvalue weighted by atomic mass is 10.0. The molecule has 3 aliphatic rings. The van der Waals surface area contributed by atoms with E-state index in [9.17, 15) is 5.11 Å². The van der Waals surface area contributed by atoms with Crippen molar-refractivity contribution < 1.29 is 14.6 Å². The molecule has 2 saturated heterocycles. The van der Waals surface area contributed by atoms with E-state index in [1.165, 1.54) is 0 Å². The predicted octanol–water partition coefficient (Wildman–Crippen LogP) is 3.02. The first kappa shape index (κ1) is 19.8. The zero-order valence-electron chi connectivity index (χ0n) is 17.9. The summed E-state index contributed by atoms with van der Waals surface area (Å²) in [4.78, 5) is 7.31. The van der Waals surface area contributed by atoms with Crippen molar-refractivity contribution in [2.45, 2.75) is 44.8 Å². The van der Waals surface area contributed by atoms with E-state index in [1.807, 2.05) is 0 Å². The van der Waals surface area contributed by atoms with E-state index in [-0.39, 0.29) is 6.04 Å². The second-order valence-electron chi connectivity index (χ2n) is 8.93. The van der Waals surface area contributed by atoms with Gasteiger partial charge in [-0.2, -0.15) is 0 Å². The molecule has 2 fully saturated rings. The van der Waals surface area contributed by atoms with Crippen molar-refractivity contribution in [1.82, 2.24) is 9.47 Å². The summed E-state index contributed by atoms with van der Waals surface area (Å²) in [5.41, 5.74) is 4.04. The number of aliphatic imine (C=N–C) groups is 1. The fraction of sp³-hybridized carbons (Fsp3) is 0.609. The van der Waals surface area contributed by atoms with Gasteiger partial charge in [-0.3, -0.25) is 9.89 Å². The summed E-state index contributed by atoms with van der Waals surface area (Å²) >= 11 is 0. The van der Waals surface area contributed by atoms with Gasteiger partial charge >= 0.3 is 0 Å². The molecule has 4 heterocycles. The highest BCUT2D eigenvalue weighted by atomic mass is 16.5. The summed E-state index contributed by atoms with van der Waals surface area (Å²) in [6.45, 7) is 9.83. The van der Waals surface area contributed by atoms with Gasteiger partial charge in [0.1, 0.15) is 0 Å². The maximum Gasteiger partial charge on any atom is 0.201 e. The number of rotatable bonds is 5. The fourth-order valence-corrected chi connectivity index (χ4v) is 4.86. The zero-order chi connectivity index (χ0) is 20.7. The first-order valence-corrected chi connectivity index (χ1v) is 11.2. The highest BCUT2D eigenvalue weighted by molar-refractivity contribution is 6.15. The van der Waals surface area contributed by atoms with Crippen LogP contribution in [-0.2, 0) is 9.47 Å². The second kappa shape index (κ2) is 8.21. The lowest BCUT2D eigenvalue weighted by molar-refractivity contribution is -0.0596. The number of aromatic nitrogens is 1. The third-order valence-electron chi connectivity index (χ3n) is 6.46. The van der Waals surface area contributed by atoms with Gasteiger partial charge in [0.05, 0.1) is 42.6 Å². The molecule has 3 aliphatic heterocycles. The van der Waals surface area contributed by atoms with E-state index in [2.05, 4.69) is 46.8 Å². The summed E-state index contributed by atoms with van der Waals surface area (Å²) < 4.78 is 13.1. The summed E-state index contributed by atoms with van der Waals surface area (Å²) in [5, 5.41) is 16.0. The van der Waals surface area contributed by atoms with E-state index in [0.29, 0.717) is 18.0 Å². The summed E-state index contributed by atoms with van der Waals surface area (Å²) in [6.07, 6.45) is 1.83. The Morgan fingerprint density at radius 3 is 2.63 bits per heavy atom. The SMILES string of the molecule is CC(C)Nc1ccc2c(c1)c(C1=NCCN(C3COC3)C1)c(O)n2C1CCOCC1. The molecule has 0 unspecified atom stereocenters. The average Bonchev–Trinajstić information content (AvgIpc) is 2.98. The van der Waals surface area contributed by atoms with Crippen LogP contribution in [0.5, 0.6) is 5.88 Å². The number of nitrogens with zero attached hydrogens (tertiary/aromatic N) is 3. The molecule has 0 spiro atoms. The molecule has 0 saturated carbocycles. The van der Waals surface area contributed by atoms with Crippen LogP contribution in [0, 0.1) is 0 Å². The Hall–Kier alpha value is -2.09. The highest BCUT2D eigenvalue weighted by Gasteiger charge is 2.32. The summed E-state index contributed by atoms with van der Waals surface area (Å²) in [6, 6.07) is 7.49. The Morgan fingerprint density at radius 2 is 1.93 bits per heavy atom. The van der Waals surface area contributed by atoms with E-state index in [1.54, 1.807) is 0 Å². The van der Waals surface area contributed by atoms with Crippen LogP contribution in [0.4, 0.5) is 5.69 Å². The molecule has 0 bridgehead atoms. The molecule has 2 aromatic rings. The van der Waals surface area contributed by atoms with E-state index < -0.39 is 0 Å². The molecule has 0 amide bonds. The number of aromatic hydroxyl groups is 1. The van der Waals surface area contributed by atoms with E-state index in [4.69, 9.17) is 14.5 Å². The second-order valence-corrected chi connectivity index (χ2v) is 8.93. The normalized spacial score (nSPS) is 21.8. The van der Waals surface area contributed by atoms with Gasteiger partial charge in [0.15, 0.2) is 0 Å². The van der Waals surface area contributed by atoms with E-state index >= 15 is 0 Å². The van der Waals surface area contributed by atoms with Crippen LogP contribution in [0.3, 0.4) is 0 Å². The largest absolute Gasteiger partial charge is 0.494 e. The van der Waals surface area contributed by atoms with Gasteiger partial charge in [0.2, 0.25) is 5.88 Å². The summed E-state index contributed by atoms with van der Waals surface area (Å²) in [5.74, 6) is 0.351. The molecule has 0 atom stereocenters. The molecule has 1 aromatic carbocycles. The van der Waals surface area contributed by atoms with Crippen LogP contribution in [0.15, 0.2) is 23.2 Å². The number of ether oxygens (including phenoxy) is 2. The Labute approximate surface area is 177 Å². The van der Waals surface area contributed by atoms with Crippen molar-refractivity contribution >= 4 is 22.3 Å². The summed E-state index contributed by atoms with van der Waals surface area (Å²) in [7, 11) is 0. The average molecular weight is 413 g/mol. The molecular weight excluding hydrogens is 380 g/mol. The molecule has 1 aromatic heterocycles. The first-order valence-electron chi connectivity index (χ1n) is 11.2. The van der Waals surface area contributed by atoms with Gasteiger partial charge in [0, 0.05) is 49.5 Å². The van der Waals surface area contributed by atoms with Crippen LogP contribution >= 0.6 is 0 Å². The third-order valence-corrected chi connectivity index (χ3v) is 6.46. The molecule has 0 aliphatic carbocycles. The number of fused-ring (bicyclic) bond motifs is 1. The molecule has 2 N–H and O–H groups in total. The topological polar surface area (TPSA) is 71.2 Å². The third kappa shape index (κ3) is 3.59. The zero-order valence-corrected chi connectivity index (χ0v) is 17.9. The molecule has 7 nitrogen and oxygen atoms in total. The maximum absolute atomic E-state index is 11.5. The molecule has 30 heavy (non-hydrogen) atoms. The Bertz CT molecular complexity index is 942. The van der Waals surface area contributed by atoms with Crippen LogP contribution in [-0.4, -0.2) is 78.4 Å². The molecule has 5 rings (SSSR count). The minimum absolute atomic E-state index is 0.249. The monoisotopic (exact) mass is 412 g/mol. The smallest absolute Gasteiger partial charge is 0.201 e. The fourth-order valence-electron chi connectivity index (χ4n) is 4.86.